The van der Waals surface area contributed by atoms with Crippen molar-refractivity contribution < 1.29 is 13.2 Å². The van der Waals surface area contributed by atoms with E-state index in [2.05, 4.69) is 5.32 Å². The molecule has 6 heteroatoms. The van der Waals surface area contributed by atoms with Gasteiger partial charge in [-0.3, -0.25) is 4.79 Å². The number of hydrogen-bond donors (Lipinski definition) is 1. The number of hydrogen-bond acceptors (Lipinski definition) is 3. The molecule has 1 heterocycles. The van der Waals surface area contributed by atoms with E-state index < -0.39 is 10.0 Å². The van der Waals surface area contributed by atoms with Crippen molar-refractivity contribution in [3.63, 3.8) is 0 Å². The Kier molecular flexibility index (Phi) is 5.20. The average molecular weight is 358 g/mol. The molecular weight excluding hydrogens is 336 g/mol. The monoisotopic (exact) mass is 358 g/mol. The molecule has 0 spiro atoms. The van der Waals surface area contributed by atoms with Gasteiger partial charge in [-0.1, -0.05) is 37.3 Å². The van der Waals surface area contributed by atoms with E-state index in [0.717, 1.165) is 17.5 Å². The zero-order valence-electron chi connectivity index (χ0n) is 14.2. The number of amides is 1. The molecule has 2 aromatic carbocycles. The van der Waals surface area contributed by atoms with Crippen molar-refractivity contribution in [2.75, 3.05) is 11.9 Å². The number of fused-ring (bicyclic) bond motifs is 1. The van der Waals surface area contributed by atoms with Gasteiger partial charge in [-0.2, -0.15) is 4.31 Å². The molecule has 3 rings (SSSR count). The van der Waals surface area contributed by atoms with Crippen LogP contribution in [0.25, 0.3) is 0 Å². The third kappa shape index (κ3) is 3.91. The van der Waals surface area contributed by atoms with Crippen molar-refractivity contribution >= 4 is 21.6 Å². The lowest BCUT2D eigenvalue weighted by Gasteiger charge is -2.21. The van der Waals surface area contributed by atoms with E-state index in [1.807, 2.05) is 37.3 Å². The van der Waals surface area contributed by atoms with E-state index >= 15 is 0 Å². The average Bonchev–Trinajstić information content (AvgIpc) is 2.80. The molecule has 0 saturated carbocycles. The Morgan fingerprint density at radius 2 is 1.84 bits per heavy atom. The van der Waals surface area contributed by atoms with E-state index in [9.17, 15) is 13.2 Å². The summed E-state index contributed by atoms with van der Waals surface area (Å²) in [4.78, 5) is 11.9. The highest BCUT2D eigenvalue weighted by Crippen LogP contribution is 2.27. The molecule has 0 unspecified atom stereocenters. The van der Waals surface area contributed by atoms with Gasteiger partial charge >= 0.3 is 0 Å². The smallest absolute Gasteiger partial charge is 0.243 e. The molecule has 132 valence electrons. The standard InChI is InChI=1S/C19H22N2O3S/c1-2-21(14-15-7-4-3-5-8-15)25(23,24)17-11-12-18-16(13-17)9-6-10-19(22)20-18/h3-5,7-8,11-13H,2,6,9-10,14H2,1H3,(H,20,22). The number of carbonyl (C=O) groups is 1. The predicted octanol–water partition coefficient (Wildman–Crippen LogP) is 3.17. The molecule has 0 atom stereocenters. The summed E-state index contributed by atoms with van der Waals surface area (Å²) < 4.78 is 27.6. The van der Waals surface area contributed by atoms with Gasteiger partial charge in [-0.05, 0) is 42.2 Å². The fourth-order valence-corrected chi connectivity index (χ4v) is 4.50. The Hall–Kier alpha value is -2.18. The minimum Gasteiger partial charge on any atom is -0.326 e. The zero-order valence-corrected chi connectivity index (χ0v) is 15.1. The highest BCUT2D eigenvalue weighted by Gasteiger charge is 2.25. The lowest BCUT2D eigenvalue weighted by molar-refractivity contribution is -0.116. The molecule has 0 saturated heterocycles. The second kappa shape index (κ2) is 7.37. The summed E-state index contributed by atoms with van der Waals surface area (Å²) in [5.74, 6) is -0.0198. The SMILES string of the molecule is CCN(Cc1ccccc1)S(=O)(=O)c1ccc2c(c1)CCCC(=O)N2. The fourth-order valence-electron chi connectivity index (χ4n) is 3.01. The number of rotatable bonds is 5. The van der Waals surface area contributed by atoms with Crippen LogP contribution in [0, 0.1) is 0 Å². The van der Waals surface area contributed by atoms with Crippen LogP contribution in [0.15, 0.2) is 53.4 Å². The lowest BCUT2D eigenvalue weighted by atomic mass is 10.1. The van der Waals surface area contributed by atoms with Crippen LogP contribution < -0.4 is 5.32 Å². The highest BCUT2D eigenvalue weighted by atomic mass is 32.2. The second-order valence-corrected chi connectivity index (χ2v) is 8.08. The molecule has 1 aliphatic rings. The third-order valence-corrected chi connectivity index (χ3v) is 6.31. The summed E-state index contributed by atoms with van der Waals surface area (Å²) in [6.45, 7) is 2.57. The first-order valence-electron chi connectivity index (χ1n) is 8.47. The van der Waals surface area contributed by atoms with E-state index in [-0.39, 0.29) is 10.8 Å². The van der Waals surface area contributed by atoms with Crippen LogP contribution in [-0.4, -0.2) is 25.2 Å². The topological polar surface area (TPSA) is 66.5 Å². The summed E-state index contributed by atoms with van der Waals surface area (Å²) in [5.41, 5.74) is 2.55. The van der Waals surface area contributed by atoms with Gasteiger partial charge in [0.25, 0.3) is 0 Å². The van der Waals surface area contributed by atoms with Gasteiger partial charge in [0.2, 0.25) is 15.9 Å². The normalized spacial score (nSPS) is 14.7. The summed E-state index contributed by atoms with van der Waals surface area (Å²) in [7, 11) is -3.59. The minimum absolute atomic E-state index is 0.0198. The predicted molar refractivity (Wildman–Crippen MR) is 97.7 cm³/mol. The summed E-state index contributed by atoms with van der Waals surface area (Å²) >= 11 is 0. The zero-order chi connectivity index (χ0) is 17.9. The molecule has 0 fully saturated rings. The van der Waals surface area contributed by atoms with Crippen LogP contribution in [0.4, 0.5) is 5.69 Å². The quantitative estimate of drug-likeness (QED) is 0.893. The molecule has 1 aliphatic heterocycles. The fraction of sp³-hybridized carbons (Fsp3) is 0.316. The first-order valence-corrected chi connectivity index (χ1v) is 9.91. The number of nitrogens with one attached hydrogen (secondary N) is 1. The van der Waals surface area contributed by atoms with E-state index in [0.29, 0.717) is 31.6 Å². The van der Waals surface area contributed by atoms with E-state index in [1.165, 1.54) is 4.31 Å². The Morgan fingerprint density at radius 3 is 2.56 bits per heavy atom. The molecule has 2 aromatic rings. The number of anilines is 1. The first-order chi connectivity index (χ1) is 12.0. The molecule has 0 aliphatic carbocycles. The Morgan fingerprint density at radius 1 is 1.08 bits per heavy atom. The number of aryl methyl sites for hydroxylation is 1. The molecule has 0 radical (unpaired) electrons. The van der Waals surface area contributed by atoms with Gasteiger partial charge in [0.05, 0.1) is 4.90 Å². The maximum Gasteiger partial charge on any atom is 0.243 e. The molecule has 5 nitrogen and oxygen atoms in total. The Balaban J connectivity index is 1.90. The van der Waals surface area contributed by atoms with Crippen LogP contribution in [-0.2, 0) is 27.8 Å². The third-order valence-electron chi connectivity index (χ3n) is 4.39. The van der Waals surface area contributed by atoms with Gasteiger partial charge in [0, 0.05) is 25.2 Å². The first kappa shape index (κ1) is 17.6. The summed E-state index contributed by atoms with van der Waals surface area (Å²) in [6, 6.07) is 14.5. The molecule has 1 amide bonds. The van der Waals surface area contributed by atoms with Gasteiger partial charge in [-0.15, -0.1) is 0 Å². The second-order valence-electron chi connectivity index (χ2n) is 6.14. The van der Waals surface area contributed by atoms with Crippen molar-refractivity contribution in [3.8, 4) is 0 Å². The Bertz CT molecular complexity index is 863. The van der Waals surface area contributed by atoms with Crippen LogP contribution in [0.2, 0.25) is 0 Å². The maximum atomic E-state index is 13.0. The van der Waals surface area contributed by atoms with Crippen LogP contribution in [0.1, 0.15) is 30.9 Å². The van der Waals surface area contributed by atoms with Crippen molar-refractivity contribution in [1.29, 1.82) is 0 Å². The van der Waals surface area contributed by atoms with Crippen LogP contribution in [0.5, 0.6) is 0 Å². The highest BCUT2D eigenvalue weighted by molar-refractivity contribution is 7.89. The van der Waals surface area contributed by atoms with Gasteiger partial charge in [0.15, 0.2) is 0 Å². The van der Waals surface area contributed by atoms with Crippen LogP contribution >= 0.6 is 0 Å². The number of benzene rings is 2. The molecule has 0 aromatic heterocycles. The number of carbonyl (C=O) groups excluding carboxylic acids is 1. The number of sulfonamides is 1. The van der Waals surface area contributed by atoms with Crippen LogP contribution in [0.3, 0.4) is 0 Å². The lowest BCUT2D eigenvalue weighted by Crippen LogP contribution is -2.30. The van der Waals surface area contributed by atoms with E-state index in [1.54, 1.807) is 18.2 Å². The largest absolute Gasteiger partial charge is 0.326 e. The minimum atomic E-state index is -3.59. The van der Waals surface area contributed by atoms with Crippen molar-refractivity contribution in [1.82, 2.24) is 4.31 Å². The maximum absolute atomic E-state index is 13.0. The van der Waals surface area contributed by atoms with Gasteiger partial charge < -0.3 is 5.32 Å². The molecule has 1 N–H and O–H groups in total. The number of nitrogens with zero attached hydrogens (tertiary/aromatic N) is 1. The van der Waals surface area contributed by atoms with Crippen molar-refractivity contribution in [3.05, 3.63) is 59.7 Å². The van der Waals surface area contributed by atoms with E-state index in [4.69, 9.17) is 0 Å². The summed E-state index contributed by atoms with van der Waals surface area (Å²) in [5, 5.41) is 2.84. The molecular formula is C19H22N2O3S. The van der Waals surface area contributed by atoms with Gasteiger partial charge in [-0.25, -0.2) is 8.42 Å². The molecule has 0 bridgehead atoms. The molecule has 25 heavy (non-hydrogen) atoms. The summed E-state index contributed by atoms with van der Waals surface area (Å²) in [6.07, 6.45) is 1.89. The Labute approximate surface area is 148 Å². The van der Waals surface area contributed by atoms with Crippen molar-refractivity contribution in [2.24, 2.45) is 0 Å². The van der Waals surface area contributed by atoms with Crippen molar-refractivity contribution in [2.45, 2.75) is 37.6 Å². The van der Waals surface area contributed by atoms with Gasteiger partial charge in [0.1, 0.15) is 0 Å².